The highest BCUT2D eigenvalue weighted by Crippen LogP contribution is 2.58. The first-order chi connectivity index (χ1) is 15.3. The van der Waals surface area contributed by atoms with Gasteiger partial charge in [0.05, 0.1) is 6.10 Å². The zero-order valence-electron chi connectivity index (χ0n) is 21.3. The number of esters is 3. The molecule has 1 aliphatic carbocycles. The molecular formula is C26H40O7. The van der Waals surface area contributed by atoms with Crippen molar-refractivity contribution in [1.29, 1.82) is 0 Å². The molecule has 3 rings (SSSR count). The molecule has 3 aliphatic rings. The van der Waals surface area contributed by atoms with E-state index in [-0.39, 0.29) is 41.8 Å². The van der Waals surface area contributed by atoms with Gasteiger partial charge in [-0.15, -0.1) is 0 Å². The van der Waals surface area contributed by atoms with Crippen LogP contribution in [0.4, 0.5) is 0 Å². The van der Waals surface area contributed by atoms with Gasteiger partial charge in [-0.1, -0.05) is 25.5 Å². The molecule has 7 nitrogen and oxygen atoms in total. The van der Waals surface area contributed by atoms with Gasteiger partial charge in [0.25, 0.3) is 0 Å². The van der Waals surface area contributed by atoms with Crippen molar-refractivity contribution < 1.29 is 33.3 Å². The van der Waals surface area contributed by atoms with Crippen LogP contribution in [0.2, 0.25) is 0 Å². The van der Waals surface area contributed by atoms with Crippen molar-refractivity contribution in [1.82, 2.24) is 0 Å². The molecule has 1 saturated carbocycles. The lowest BCUT2D eigenvalue weighted by Gasteiger charge is -2.53. The first kappa shape index (κ1) is 25.7. The average Bonchev–Trinajstić information content (AvgIpc) is 3.04. The molecule has 186 valence electrons. The quantitative estimate of drug-likeness (QED) is 0.347. The summed E-state index contributed by atoms with van der Waals surface area (Å²) in [4.78, 5) is 36.5. The highest BCUT2D eigenvalue weighted by atomic mass is 16.6. The fourth-order valence-corrected chi connectivity index (χ4v) is 6.73. The van der Waals surface area contributed by atoms with Gasteiger partial charge >= 0.3 is 17.9 Å². The molecule has 0 aromatic rings. The van der Waals surface area contributed by atoms with Gasteiger partial charge < -0.3 is 18.9 Å². The van der Waals surface area contributed by atoms with Crippen LogP contribution in [0.15, 0.2) is 11.6 Å². The van der Waals surface area contributed by atoms with Crippen molar-refractivity contribution in [3.63, 3.8) is 0 Å². The van der Waals surface area contributed by atoms with Crippen molar-refractivity contribution in [2.24, 2.45) is 23.7 Å². The first-order valence-electron chi connectivity index (χ1n) is 12.2. The van der Waals surface area contributed by atoms with E-state index in [0.717, 1.165) is 6.42 Å². The van der Waals surface area contributed by atoms with Gasteiger partial charge in [-0.25, -0.2) is 0 Å². The summed E-state index contributed by atoms with van der Waals surface area (Å²) in [5, 5.41) is 0. The van der Waals surface area contributed by atoms with Crippen LogP contribution in [0.1, 0.15) is 81.1 Å². The summed E-state index contributed by atoms with van der Waals surface area (Å²) in [6.07, 6.45) is 3.67. The van der Waals surface area contributed by atoms with E-state index in [1.54, 1.807) is 0 Å². The number of allylic oxidation sites excluding steroid dienone is 1. The Labute approximate surface area is 197 Å². The minimum Gasteiger partial charge on any atom is -0.458 e. The SMILES string of the molecule is CC(=O)OC1CC(C(C)C)C2C3OC(CC(C)=CCCC3(C)OC(C)=O)C2C1(C)OC(C)=O. The first-order valence-corrected chi connectivity index (χ1v) is 12.2. The molecule has 8 atom stereocenters. The molecule has 0 N–H and O–H groups in total. The molecule has 0 radical (unpaired) electrons. The van der Waals surface area contributed by atoms with E-state index in [0.29, 0.717) is 19.3 Å². The Bertz CT molecular complexity index is 817. The Balaban J connectivity index is 2.19. The van der Waals surface area contributed by atoms with Crippen molar-refractivity contribution in [2.75, 3.05) is 0 Å². The smallest absolute Gasteiger partial charge is 0.303 e. The maximum absolute atomic E-state index is 12.3. The normalized spacial score (nSPS) is 40.6. The molecule has 1 saturated heterocycles. The summed E-state index contributed by atoms with van der Waals surface area (Å²) in [5.74, 6) is -0.984. The molecule has 2 aliphatic heterocycles. The summed E-state index contributed by atoms with van der Waals surface area (Å²) in [5.41, 5.74) is -0.681. The molecule has 0 aromatic heterocycles. The van der Waals surface area contributed by atoms with Crippen LogP contribution in [-0.2, 0) is 33.3 Å². The molecule has 8 unspecified atom stereocenters. The minimum absolute atomic E-state index is 0.0265. The van der Waals surface area contributed by atoms with Crippen LogP contribution < -0.4 is 0 Å². The van der Waals surface area contributed by atoms with Crippen LogP contribution in [0.25, 0.3) is 0 Å². The second-order valence-electron chi connectivity index (χ2n) is 10.9. The lowest BCUT2D eigenvalue weighted by molar-refractivity contribution is -0.215. The summed E-state index contributed by atoms with van der Waals surface area (Å²) >= 11 is 0. The van der Waals surface area contributed by atoms with Crippen molar-refractivity contribution in [2.45, 2.75) is 111 Å². The zero-order valence-corrected chi connectivity index (χ0v) is 21.3. The van der Waals surface area contributed by atoms with Crippen LogP contribution in [0.3, 0.4) is 0 Å². The predicted molar refractivity (Wildman–Crippen MR) is 122 cm³/mol. The highest BCUT2D eigenvalue weighted by molar-refractivity contribution is 5.68. The van der Waals surface area contributed by atoms with Gasteiger partial charge in [0.1, 0.15) is 17.8 Å². The molecule has 2 fully saturated rings. The topological polar surface area (TPSA) is 88.1 Å². The van der Waals surface area contributed by atoms with Gasteiger partial charge in [-0.3, -0.25) is 14.4 Å². The number of carbonyl (C=O) groups excluding carboxylic acids is 3. The molecule has 7 heteroatoms. The summed E-state index contributed by atoms with van der Waals surface area (Å²) in [6, 6.07) is 0. The van der Waals surface area contributed by atoms with Crippen LogP contribution in [0.5, 0.6) is 0 Å². The number of ether oxygens (including phenoxy) is 4. The average molecular weight is 465 g/mol. The van der Waals surface area contributed by atoms with E-state index < -0.39 is 29.2 Å². The molecule has 0 amide bonds. The Kier molecular flexibility index (Phi) is 7.33. The Morgan fingerprint density at radius 1 is 1.06 bits per heavy atom. The number of rotatable bonds is 4. The summed E-state index contributed by atoms with van der Waals surface area (Å²) in [6.45, 7) is 14.4. The maximum Gasteiger partial charge on any atom is 0.303 e. The second kappa shape index (κ2) is 9.40. The van der Waals surface area contributed by atoms with Gasteiger partial charge in [0, 0.05) is 32.6 Å². The van der Waals surface area contributed by atoms with E-state index in [1.165, 1.54) is 26.3 Å². The van der Waals surface area contributed by atoms with E-state index >= 15 is 0 Å². The number of carbonyl (C=O) groups is 3. The largest absolute Gasteiger partial charge is 0.458 e. The predicted octanol–water partition coefficient (Wildman–Crippen LogP) is 4.37. The fraction of sp³-hybridized carbons (Fsp3) is 0.808. The van der Waals surface area contributed by atoms with Crippen molar-refractivity contribution in [3.05, 3.63) is 11.6 Å². The summed E-state index contributed by atoms with van der Waals surface area (Å²) in [7, 11) is 0. The van der Waals surface area contributed by atoms with Crippen molar-refractivity contribution in [3.8, 4) is 0 Å². The Morgan fingerprint density at radius 3 is 2.24 bits per heavy atom. The number of hydrogen-bond donors (Lipinski definition) is 0. The van der Waals surface area contributed by atoms with E-state index in [2.05, 4.69) is 26.8 Å². The van der Waals surface area contributed by atoms with Crippen LogP contribution in [-0.4, -0.2) is 47.4 Å². The third-order valence-electron chi connectivity index (χ3n) is 7.93. The van der Waals surface area contributed by atoms with Gasteiger partial charge in [-0.2, -0.15) is 0 Å². The highest BCUT2D eigenvalue weighted by Gasteiger charge is 2.67. The van der Waals surface area contributed by atoms with Crippen LogP contribution >= 0.6 is 0 Å². The molecule has 2 heterocycles. The molecule has 0 spiro atoms. The van der Waals surface area contributed by atoms with Gasteiger partial charge in [0.2, 0.25) is 0 Å². The standard InChI is InChI=1S/C26H40O7/c1-14(2)19-13-21(30-16(4)27)26(8,33-18(6)29)23-20-12-15(3)10-9-11-25(7,32-17(5)28)24(31-20)22(19)23/h10,14,19-24H,9,11-13H2,1-8H3. The molecule has 0 aromatic carbocycles. The van der Waals surface area contributed by atoms with Gasteiger partial charge in [-0.05, 0) is 58.3 Å². The Morgan fingerprint density at radius 2 is 1.70 bits per heavy atom. The zero-order chi connectivity index (χ0) is 24.7. The second-order valence-corrected chi connectivity index (χ2v) is 10.9. The minimum atomic E-state index is -1.05. The third-order valence-corrected chi connectivity index (χ3v) is 7.93. The van der Waals surface area contributed by atoms with E-state index in [4.69, 9.17) is 18.9 Å². The summed E-state index contributed by atoms with van der Waals surface area (Å²) < 4.78 is 24.6. The van der Waals surface area contributed by atoms with E-state index in [1.807, 2.05) is 13.8 Å². The Hall–Kier alpha value is -1.89. The number of fused-ring (bicyclic) bond motifs is 5. The fourth-order valence-electron chi connectivity index (χ4n) is 6.73. The molecular weight excluding hydrogens is 424 g/mol. The third kappa shape index (κ3) is 4.98. The lowest BCUT2D eigenvalue weighted by Crippen LogP contribution is -2.63. The molecule has 33 heavy (non-hydrogen) atoms. The number of hydrogen-bond acceptors (Lipinski definition) is 7. The van der Waals surface area contributed by atoms with Gasteiger partial charge in [0.15, 0.2) is 5.60 Å². The van der Waals surface area contributed by atoms with E-state index in [9.17, 15) is 14.4 Å². The van der Waals surface area contributed by atoms with Crippen LogP contribution in [0, 0.1) is 23.7 Å². The monoisotopic (exact) mass is 464 g/mol. The molecule has 2 bridgehead atoms. The maximum atomic E-state index is 12.3. The van der Waals surface area contributed by atoms with Crippen molar-refractivity contribution >= 4 is 17.9 Å². The lowest BCUT2D eigenvalue weighted by atomic mass is 9.56.